The minimum atomic E-state index is -3.72. The summed E-state index contributed by atoms with van der Waals surface area (Å²) in [4.78, 5) is 10.00. The number of carbonyl (C=O) groups is 1. The van der Waals surface area contributed by atoms with E-state index < -0.39 is 16.2 Å². The first-order chi connectivity index (χ1) is 4.98. The maximum absolute atomic E-state index is 10.7. The van der Waals surface area contributed by atoms with Gasteiger partial charge in [-0.05, 0) is 6.42 Å². The van der Waals surface area contributed by atoms with Gasteiger partial charge in [-0.1, -0.05) is 13.3 Å². The Hall–Kier alpha value is 0.220. The fourth-order valence-corrected chi connectivity index (χ4v) is 1.46. The third kappa shape index (κ3) is 8.32. The van der Waals surface area contributed by atoms with Gasteiger partial charge in [0.1, 0.15) is 0 Å². The number of hydrogen-bond acceptors (Lipinski definition) is 4. The molecule has 0 saturated heterocycles. The molecule has 5 nitrogen and oxygen atoms in total. The van der Waals surface area contributed by atoms with Crippen LogP contribution in [0.2, 0.25) is 0 Å². The van der Waals surface area contributed by atoms with Gasteiger partial charge in [-0.25, -0.2) is 4.79 Å². The second-order valence-electron chi connectivity index (χ2n) is 2.02. The topological polar surface area (TPSA) is 86.5 Å². The third-order valence-electron chi connectivity index (χ3n) is 0.957. The molecule has 0 atom stereocenters. The van der Waals surface area contributed by atoms with E-state index in [9.17, 15) is 13.2 Å². The van der Waals surface area contributed by atoms with E-state index in [1.54, 1.807) is 0 Å². The van der Waals surface area contributed by atoms with Crippen molar-refractivity contribution in [2.24, 2.45) is 5.73 Å². The van der Waals surface area contributed by atoms with Crippen molar-refractivity contribution in [1.82, 2.24) is 0 Å². The molecule has 0 spiro atoms. The summed E-state index contributed by atoms with van der Waals surface area (Å²) in [5, 5.41) is 0. The summed E-state index contributed by atoms with van der Waals surface area (Å²) in [5.74, 6) is -0.160. The number of rotatable bonds is 4. The maximum atomic E-state index is 10.7. The molecule has 0 saturated carbocycles. The average Bonchev–Trinajstić information content (AvgIpc) is 1.81. The Morgan fingerprint density at radius 1 is 1.50 bits per heavy atom. The zero-order chi connectivity index (χ0) is 8.91. The van der Waals surface area contributed by atoms with Gasteiger partial charge < -0.3 is 9.92 Å². The molecule has 0 unspecified atom stereocenters. The second-order valence-corrected chi connectivity index (χ2v) is 3.71. The van der Waals surface area contributed by atoms with Crippen molar-refractivity contribution < 1.29 is 17.4 Å². The molecular weight excluding hydrogens is 193 g/mol. The monoisotopic (exact) mass is 205 g/mol. The Kier molecular flexibility index (Phi) is 8.23. The van der Waals surface area contributed by atoms with Crippen molar-refractivity contribution in [1.29, 1.82) is 0 Å². The normalized spacial score (nSPS) is 10.1. The van der Waals surface area contributed by atoms with E-state index in [1.807, 2.05) is 6.92 Å². The van der Waals surface area contributed by atoms with Crippen LogP contribution in [-0.4, -0.2) is 49.8 Å². The molecule has 0 rings (SSSR count). The number of amides is 1. The van der Waals surface area contributed by atoms with Gasteiger partial charge in [0.25, 0.3) is 0 Å². The standard InChI is InChI=1S/C5H11NO4S.Na.H/c1-2-3-4-11(8,9)10-5(6)7;;/h2-4H2,1H3,(H2,6,7);;. The molecule has 0 aromatic carbocycles. The first-order valence-corrected chi connectivity index (χ1v) is 4.77. The molecule has 0 fully saturated rings. The number of carbonyl (C=O) groups excluding carboxylic acids is 1. The van der Waals surface area contributed by atoms with Crippen LogP contribution in [0.15, 0.2) is 0 Å². The summed E-state index contributed by atoms with van der Waals surface area (Å²) in [7, 11) is -3.72. The van der Waals surface area contributed by atoms with Crippen LogP contribution in [0.1, 0.15) is 19.8 Å². The van der Waals surface area contributed by atoms with Crippen molar-refractivity contribution in [2.45, 2.75) is 19.8 Å². The van der Waals surface area contributed by atoms with E-state index >= 15 is 0 Å². The molecule has 0 aromatic rings. The molecule has 0 aliphatic rings. The van der Waals surface area contributed by atoms with E-state index in [0.717, 1.165) is 6.42 Å². The molecule has 2 N–H and O–H groups in total. The number of nitrogens with two attached hydrogens (primary N) is 1. The fourth-order valence-electron chi connectivity index (χ4n) is 0.488. The molecule has 0 aliphatic carbocycles. The van der Waals surface area contributed by atoms with E-state index in [1.165, 1.54) is 0 Å². The van der Waals surface area contributed by atoms with Gasteiger partial charge in [0.15, 0.2) is 0 Å². The van der Waals surface area contributed by atoms with Gasteiger partial charge in [0.05, 0.1) is 5.75 Å². The van der Waals surface area contributed by atoms with Gasteiger partial charge in [-0.15, -0.1) is 0 Å². The Balaban J connectivity index is 0. The van der Waals surface area contributed by atoms with Crippen LogP contribution >= 0.6 is 0 Å². The van der Waals surface area contributed by atoms with Gasteiger partial charge in [-0.2, -0.15) is 8.42 Å². The molecule has 0 aliphatic heterocycles. The van der Waals surface area contributed by atoms with Crippen LogP contribution in [0.3, 0.4) is 0 Å². The minimum absolute atomic E-state index is 0. The molecule has 12 heavy (non-hydrogen) atoms. The summed E-state index contributed by atoms with van der Waals surface area (Å²) in [6, 6.07) is 0. The molecule has 0 heterocycles. The quantitative estimate of drug-likeness (QED) is 0.498. The van der Waals surface area contributed by atoms with Gasteiger partial charge in [-0.3, -0.25) is 0 Å². The van der Waals surface area contributed by atoms with Crippen molar-refractivity contribution >= 4 is 45.8 Å². The molecular formula is C5H12NNaO4S. The van der Waals surface area contributed by atoms with E-state index in [2.05, 4.69) is 9.92 Å². The average molecular weight is 205 g/mol. The van der Waals surface area contributed by atoms with Crippen LogP contribution in [0.25, 0.3) is 0 Å². The van der Waals surface area contributed by atoms with Gasteiger partial charge in [0.2, 0.25) is 0 Å². The number of hydrogen-bond donors (Lipinski definition) is 1. The zero-order valence-corrected chi connectivity index (χ0v) is 7.06. The number of primary amides is 1. The van der Waals surface area contributed by atoms with Crippen LogP contribution in [0.5, 0.6) is 0 Å². The van der Waals surface area contributed by atoms with Crippen molar-refractivity contribution in [3.05, 3.63) is 0 Å². The fraction of sp³-hybridized carbons (Fsp3) is 0.800. The van der Waals surface area contributed by atoms with E-state index in [4.69, 9.17) is 0 Å². The summed E-state index contributed by atoms with van der Waals surface area (Å²) >= 11 is 0. The molecule has 1 amide bonds. The predicted molar refractivity (Wildman–Crippen MR) is 46.5 cm³/mol. The first-order valence-electron chi connectivity index (χ1n) is 3.19. The van der Waals surface area contributed by atoms with Gasteiger partial charge in [0, 0.05) is 0 Å². The second kappa shape index (κ2) is 6.71. The molecule has 0 bridgehead atoms. The van der Waals surface area contributed by atoms with Crippen molar-refractivity contribution in [3.63, 3.8) is 0 Å². The predicted octanol–water partition coefficient (Wildman–Crippen LogP) is -0.437. The zero-order valence-electron chi connectivity index (χ0n) is 6.24. The summed E-state index contributed by atoms with van der Waals surface area (Å²) in [6.07, 6.45) is -0.0853. The SMILES string of the molecule is CCCCS(=O)(=O)OC(N)=O.[NaH]. The molecule has 0 aromatic heterocycles. The Bertz CT molecular complexity index is 226. The van der Waals surface area contributed by atoms with Crippen LogP contribution in [-0.2, 0) is 14.3 Å². The summed E-state index contributed by atoms with van der Waals surface area (Å²) < 4.78 is 25.2. The number of unbranched alkanes of at least 4 members (excludes halogenated alkanes) is 1. The van der Waals surface area contributed by atoms with Crippen LogP contribution < -0.4 is 5.73 Å². The van der Waals surface area contributed by atoms with Crippen molar-refractivity contribution in [3.8, 4) is 0 Å². The Labute approximate surface area is 94.1 Å². The van der Waals surface area contributed by atoms with Crippen LogP contribution in [0, 0.1) is 0 Å². The summed E-state index contributed by atoms with van der Waals surface area (Å²) in [5.41, 5.74) is 4.51. The Morgan fingerprint density at radius 2 is 2.00 bits per heavy atom. The summed E-state index contributed by atoms with van der Waals surface area (Å²) in [6.45, 7) is 1.83. The van der Waals surface area contributed by atoms with Crippen LogP contribution in [0.4, 0.5) is 4.79 Å². The van der Waals surface area contributed by atoms with E-state index in [-0.39, 0.29) is 35.3 Å². The molecule has 7 heteroatoms. The molecule has 0 radical (unpaired) electrons. The molecule has 68 valence electrons. The Morgan fingerprint density at radius 3 is 2.33 bits per heavy atom. The van der Waals surface area contributed by atoms with Gasteiger partial charge >= 0.3 is 45.8 Å². The first kappa shape index (κ1) is 14.7. The third-order valence-corrected chi connectivity index (χ3v) is 2.16. The van der Waals surface area contributed by atoms with E-state index in [0.29, 0.717) is 6.42 Å². The van der Waals surface area contributed by atoms with Crippen molar-refractivity contribution in [2.75, 3.05) is 5.75 Å².